The third-order valence-electron chi connectivity index (χ3n) is 4.31. The Bertz CT molecular complexity index is 760. The van der Waals surface area contributed by atoms with E-state index < -0.39 is 0 Å². The van der Waals surface area contributed by atoms with Crippen molar-refractivity contribution in [1.29, 1.82) is 5.26 Å². The number of carbonyl (C=O) groups is 1. The quantitative estimate of drug-likeness (QED) is 0.864. The standard InChI is InChI=1S/C17H19N5O/c1-20-8-7-16(19-20)17(23)22-9-6-15(12-22)21(2)14-5-3-4-13(10-14)11-18/h3-5,7-8,10,15H,6,9,12H2,1-2H3. The zero-order chi connectivity index (χ0) is 16.4. The van der Waals surface area contributed by atoms with Crippen molar-refractivity contribution in [3.63, 3.8) is 0 Å². The number of nitriles is 1. The summed E-state index contributed by atoms with van der Waals surface area (Å²) in [6.07, 6.45) is 2.69. The highest BCUT2D eigenvalue weighted by Crippen LogP contribution is 2.23. The SMILES string of the molecule is CN(c1cccc(C#N)c1)C1CCN(C(=O)c2ccn(C)n2)C1. The molecule has 1 aliphatic heterocycles. The molecule has 6 nitrogen and oxygen atoms in total. The first-order chi connectivity index (χ1) is 11.1. The van der Waals surface area contributed by atoms with Gasteiger partial charge in [0.2, 0.25) is 0 Å². The number of hydrogen-bond acceptors (Lipinski definition) is 4. The monoisotopic (exact) mass is 309 g/mol. The fourth-order valence-corrected chi connectivity index (χ4v) is 2.94. The zero-order valence-electron chi connectivity index (χ0n) is 13.3. The van der Waals surface area contributed by atoms with E-state index in [2.05, 4.69) is 16.1 Å². The van der Waals surface area contributed by atoms with Gasteiger partial charge in [0, 0.05) is 45.1 Å². The van der Waals surface area contributed by atoms with Gasteiger partial charge in [0.15, 0.2) is 0 Å². The molecule has 1 saturated heterocycles. The number of hydrogen-bond donors (Lipinski definition) is 0. The molecule has 0 spiro atoms. The van der Waals surface area contributed by atoms with Crippen LogP contribution >= 0.6 is 0 Å². The van der Waals surface area contributed by atoms with E-state index in [9.17, 15) is 4.79 Å². The van der Waals surface area contributed by atoms with Gasteiger partial charge in [0.05, 0.1) is 11.6 Å². The number of benzene rings is 1. The lowest BCUT2D eigenvalue weighted by molar-refractivity contribution is 0.0784. The Morgan fingerprint density at radius 2 is 2.26 bits per heavy atom. The maximum absolute atomic E-state index is 12.5. The van der Waals surface area contributed by atoms with Crippen LogP contribution in [0.15, 0.2) is 36.5 Å². The van der Waals surface area contributed by atoms with E-state index in [-0.39, 0.29) is 11.9 Å². The van der Waals surface area contributed by atoms with Gasteiger partial charge in [0.1, 0.15) is 5.69 Å². The van der Waals surface area contributed by atoms with Crippen LogP contribution in [-0.2, 0) is 7.05 Å². The van der Waals surface area contributed by atoms with E-state index in [1.54, 1.807) is 30.1 Å². The number of amides is 1. The van der Waals surface area contributed by atoms with E-state index in [1.807, 2.05) is 30.1 Å². The molecule has 118 valence electrons. The smallest absolute Gasteiger partial charge is 0.274 e. The van der Waals surface area contributed by atoms with Gasteiger partial charge in [-0.2, -0.15) is 10.4 Å². The maximum Gasteiger partial charge on any atom is 0.274 e. The Hall–Kier alpha value is -2.81. The predicted molar refractivity (Wildman–Crippen MR) is 87.1 cm³/mol. The van der Waals surface area contributed by atoms with E-state index in [0.717, 1.165) is 18.7 Å². The van der Waals surface area contributed by atoms with Gasteiger partial charge < -0.3 is 9.80 Å². The molecule has 0 saturated carbocycles. The molecule has 3 rings (SSSR count). The lowest BCUT2D eigenvalue weighted by Gasteiger charge is -2.27. The van der Waals surface area contributed by atoms with Crippen LogP contribution in [0.25, 0.3) is 0 Å². The number of likely N-dealkylation sites (tertiary alicyclic amines) is 1. The van der Waals surface area contributed by atoms with Crippen molar-refractivity contribution in [3.8, 4) is 6.07 Å². The Morgan fingerprint density at radius 1 is 1.43 bits per heavy atom. The van der Waals surface area contributed by atoms with Crippen LogP contribution in [-0.4, -0.2) is 46.8 Å². The average molecular weight is 309 g/mol. The molecule has 1 unspecified atom stereocenters. The minimum atomic E-state index is -0.0210. The molecule has 1 amide bonds. The summed E-state index contributed by atoms with van der Waals surface area (Å²) in [6, 6.07) is 11.7. The number of likely N-dealkylation sites (N-methyl/N-ethyl adjacent to an activating group) is 1. The van der Waals surface area contributed by atoms with Gasteiger partial charge >= 0.3 is 0 Å². The van der Waals surface area contributed by atoms with E-state index in [4.69, 9.17) is 5.26 Å². The molecule has 1 aromatic carbocycles. The highest BCUT2D eigenvalue weighted by atomic mass is 16.2. The Labute approximate surface area is 135 Å². The summed E-state index contributed by atoms with van der Waals surface area (Å²) in [4.78, 5) is 16.4. The Balaban J connectivity index is 1.69. The predicted octanol–water partition coefficient (Wildman–Crippen LogP) is 1.64. The average Bonchev–Trinajstić information content (AvgIpc) is 3.23. The molecule has 2 heterocycles. The van der Waals surface area contributed by atoms with Gasteiger partial charge in [-0.25, -0.2) is 0 Å². The number of rotatable bonds is 3. The van der Waals surface area contributed by atoms with Crippen molar-refractivity contribution in [2.75, 3.05) is 25.0 Å². The van der Waals surface area contributed by atoms with Crippen LogP contribution in [0.1, 0.15) is 22.5 Å². The topological polar surface area (TPSA) is 65.2 Å². The maximum atomic E-state index is 12.5. The minimum Gasteiger partial charge on any atom is -0.370 e. The Kier molecular flexibility index (Phi) is 4.02. The van der Waals surface area contributed by atoms with Gasteiger partial charge in [-0.05, 0) is 30.7 Å². The second-order valence-electron chi connectivity index (χ2n) is 5.84. The highest BCUT2D eigenvalue weighted by Gasteiger charge is 2.30. The Morgan fingerprint density at radius 3 is 2.96 bits per heavy atom. The second-order valence-corrected chi connectivity index (χ2v) is 5.84. The molecule has 1 aliphatic rings. The van der Waals surface area contributed by atoms with Crippen LogP contribution in [0.2, 0.25) is 0 Å². The number of nitrogens with zero attached hydrogens (tertiary/aromatic N) is 5. The molecule has 23 heavy (non-hydrogen) atoms. The van der Waals surface area contributed by atoms with E-state index in [1.165, 1.54) is 0 Å². The summed E-state index contributed by atoms with van der Waals surface area (Å²) >= 11 is 0. The fraction of sp³-hybridized carbons (Fsp3) is 0.353. The molecule has 6 heteroatoms. The number of anilines is 1. The van der Waals surface area contributed by atoms with Crippen molar-refractivity contribution < 1.29 is 4.79 Å². The van der Waals surface area contributed by atoms with Crippen molar-refractivity contribution in [2.45, 2.75) is 12.5 Å². The summed E-state index contributed by atoms with van der Waals surface area (Å²) in [5.74, 6) is -0.0210. The van der Waals surface area contributed by atoms with Gasteiger partial charge in [0.25, 0.3) is 5.91 Å². The van der Waals surface area contributed by atoms with Gasteiger partial charge in [-0.1, -0.05) is 6.07 Å². The van der Waals surface area contributed by atoms with Crippen LogP contribution in [0.3, 0.4) is 0 Å². The third kappa shape index (κ3) is 3.04. The number of aromatic nitrogens is 2. The van der Waals surface area contributed by atoms with Crippen LogP contribution in [0, 0.1) is 11.3 Å². The lowest BCUT2D eigenvalue weighted by atomic mass is 10.1. The third-order valence-corrected chi connectivity index (χ3v) is 4.31. The number of carbonyl (C=O) groups excluding carboxylic acids is 1. The molecular formula is C17H19N5O. The zero-order valence-corrected chi connectivity index (χ0v) is 13.3. The van der Waals surface area contributed by atoms with Crippen LogP contribution in [0.5, 0.6) is 0 Å². The molecule has 1 fully saturated rings. The van der Waals surface area contributed by atoms with Gasteiger partial charge in [-0.15, -0.1) is 0 Å². The van der Waals surface area contributed by atoms with Crippen molar-refractivity contribution in [1.82, 2.24) is 14.7 Å². The van der Waals surface area contributed by atoms with Crippen molar-refractivity contribution >= 4 is 11.6 Å². The van der Waals surface area contributed by atoms with Crippen molar-refractivity contribution in [2.24, 2.45) is 7.05 Å². The van der Waals surface area contributed by atoms with E-state index in [0.29, 0.717) is 17.8 Å². The van der Waals surface area contributed by atoms with E-state index >= 15 is 0 Å². The molecule has 0 radical (unpaired) electrons. The van der Waals surface area contributed by atoms with Crippen molar-refractivity contribution in [3.05, 3.63) is 47.8 Å². The minimum absolute atomic E-state index is 0.0210. The summed E-state index contributed by atoms with van der Waals surface area (Å²) in [6.45, 7) is 1.39. The van der Waals surface area contributed by atoms with Crippen LogP contribution < -0.4 is 4.90 Å². The molecule has 1 atom stereocenters. The molecule has 0 aliphatic carbocycles. The highest BCUT2D eigenvalue weighted by molar-refractivity contribution is 5.92. The molecular weight excluding hydrogens is 290 g/mol. The van der Waals surface area contributed by atoms with Gasteiger partial charge in [-0.3, -0.25) is 9.48 Å². The molecule has 1 aromatic heterocycles. The number of aryl methyl sites for hydroxylation is 1. The summed E-state index contributed by atoms with van der Waals surface area (Å²) in [5.41, 5.74) is 2.14. The summed E-state index contributed by atoms with van der Waals surface area (Å²) < 4.78 is 1.64. The first-order valence-corrected chi connectivity index (χ1v) is 7.60. The lowest BCUT2D eigenvalue weighted by Crippen LogP contribution is -2.36. The largest absolute Gasteiger partial charge is 0.370 e. The second kappa shape index (κ2) is 6.13. The summed E-state index contributed by atoms with van der Waals surface area (Å²) in [5, 5.41) is 13.2. The summed E-state index contributed by atoms with van der Waals surface area (Å²) in [7, 11) is 3.81. The molecule has 2 aromatic rings. The van der Waals surface area contributed by atoms with Crippen LogP contribution in [0.4, 0.5) is 5.69 Å². The first-order valence-electron chi connectivity index (χ1n) is 7.60. The molecule has 0 N–H and O–H groups in total. The first kappa shape index (κ1) is 15.1. The molecule has 0 bridgehead atoms. The fourth-order valence-electron chi connectivity index (χ4n) is 2.94. The normalized spacial score (nSPS) is 17.1.